The number of anilines is 1. The minimum absolute atomic E-state index is 0.0261. The summed E-state index contributed by atoms with van der Waals surface area (Å²) in [6.45, 7) is 0. The molecule has 0 atom stereocenters. The van der Waals surface area contributed by atoms with Gasteiger partial charge in [0, 0.05) is 16.7 Å². The molecule has 0 saturated carbocycles. The molecule has 0 bridgehead atoms. The molecule has 0 aliphatic rings. The highest BCUT2D eigenvalue weighted by molar-refractivity contribution is 7.92. The van der Waals surface area contributed by atoms with E-state index in [2.05, 4.69) is 4.72 Å². The second kappa shape index (κ2) is 8.02. The van der Waals surface area contributed by atoms with Gasteiger partial charge in [0.1, 0.15) is 17.1 Å². The van der Waals surface area contributed by atoms with Gasteiger partial charge in [-0.3, -0.25) is 4.72 Å². The summed E-state index contributed by atoms with van der Waals surface area (Å²) in [6.07, 6.45) is 0. The minimum Gasteiger partial charge on any atom is -0.507 e. The molecule has 150 valence electrons. The maximum atomic E-state index is 12.8. The van der Waals surface area contributed by atoms with E-state index in [4.69, 9.17) is 21.4 Å². The molecular formula is C20H16ClNO6S. The van der Waals surface area contributed by atoms with E-state index in [0.29, 0.717) is 21.9 Å². The molecule has 0 aromatic heterocycles. The van der Waals surface area contributed by atoms with Crippen LogP contribution >= 0.6 is 11.6 Å². The largest absolute Gasteiger partial charge is 0.507 e. The lowest BCUT2D eigenvalue weighted by Gasteiger charge is -2.12. The summed E-state index contributed by atoms with van der Waals surface area (Å²) >= 11 is 6.06. The van der Waals surface area contributed by atoms with Gasteiger partial charge >= 0.3 is 5.97 Å². The number of carboxylic acid groups (broad SMARTS) is 1. The van der Waals surface area contributed by atoms with Gasteiger partial charge < -0.3 is 14.9 Å². The summed E-state index contributed by atoms with van der Waals surface area (Å²) in [4.78, 5) is 10.9. The van der Waals surface area contributed by atoms with Gasteiger partial charge in [-0.25, -0.2) is 13.2 Å². The maximum absolute atomic E-state index is 12.8. The Kier molecular flexibility index (Phi) is 5.67. The Balaban J connectivity index is 1.97. The molecule has 3 aromatic carbocycles. The maximum Gasteiger partial charge on any atom is 0.339 e. The predicted octanol–water partition coefficient (Wildman–Crippen LogP) is 4.22. The van der Waals surface area contributed by atoms with Crippen molar-refractivity contribution in [3.8, 4) is 22.6 Å². The summed E-state index contributed by atoms with van der Waals surface area (Å²) in [5, 5.41) is 19.2. The molecule has 3 aromatic rings. The summed E-state index contributed by atoms with van der Waals surface area (Å²) < 4.78 is 33.2. The highest BCUT2D eigenvalue weighted by Gasteiger charge is 2.18. The fraction of sp³-hybridized carbons (Fsp3) is 0.0500. The van der Waals surface area contributed by atoms with Gasteiger partial charge in [0.25, 0.3) is 10.0 Å². The van der Waals surface area contributed by atoms with Crippen LogP contribution in [0.5, 0.6) is 11.5 Å². The molecule has 3 N–H and O–H groups in total. The monoisotopic (exact) mass is 433 g/mol. The number of rotatable bonds is 6. The van der Waals surface area contributed by atoms with E-state index in [1.807, 2.05) is 0 Å². The molecule has 0 radical (unpaired) electrons. The summed E-state index contributed by atoms with van der Waals surface area (Å²) in [6, 6.07) is 14.6. The average Bonchev–Trinajstić information content (AvgIpc) is 2.67. The molecule has 9 heteroatoms. The van der Waals surface area contributed by atoms with E-state index in [-0.39, 0.29) is 16.1 Å². The van der Waals surface area contributed by atoms with Crippen molar-refractivity contribution in [1.82, 2.24) is 0 Å². The van der Waals surface area contributed by atoms with Crippen molar-refractivity contribution in [3.05, 3.63) is 71.2 Å². The van der Waals surface area contributed by atoms with E-state index in [9.17, 15) is 18.3 Å². The molecule has 0 fully saturated rings. The number of aromatic carboxylic acids is 1. The zero-order chi connectivity index (χ0) is 21.2. The third-order valence-electron chi connectivity index (χ3n) is 4.10. The van der Waals surface area contributed by atoms with Crippen LogP contribution in [0, 0.1) is 0 Å². The topological polar surface area (TPSA) is 113 Å². The van der Waals surface area contributed by atoms with Crippen molar-refractivity contribution >= 4 is 33.3 Å². The van der Waals surface area contributed by atoms with Crippen LogP contribution in [0.4, 0.5) is 5.69 Å². The second-order valence-electron chi connectivity index (χ2n) is 6.02. The number of ether oxygens (including phenoxy) is 1. The second-order valence-corrected chi connectivity index (χ2v) is 8.13. The third kappa shape index (κ3) is 4.44. The van der Waals surface area contributed by atoms with Crippen LogP contribution in [-0.2, 0) is 10.0 Å². The van der Waals surface area contributed by atoms with Gasteiger partial charge in [0.2, 0.25) is 0 Å². The van der Waals surface area contributed by atoms with E-state index >= 15 is 0 Å². The molecule has 0 aliphatic carbocycles. The number of benzene rings is 3. The Morgan fingerprint density at radius 2 is 1.83 bits per heavy atom. The first-order valence-corrected chi connectivity index (χ1v) is 10.1. The average molecular weight is 434 g/mol. The molecule has 29 heavy (non-hydrogen) atoms. The molecule has 7 nitrogen and oxygen atoms in total. The smallest absolute Gasteiger partial charge is 0.339 e. The lowest BCUT2D eigenvalue weighted by atomic mass is 10.0. The van der Waals surface area contributed by atoms with Crippen molar-refractivity contribution in [3.63, 3.8) is 0 Å². The summed E-state index contributed by atoms with van der Waals surface area (Å²) in [5.74, 6) is -1.33. The van der Waals surface area contributed by atoms with Crippen molar-refractivity contribution < 1.29 is 28.2 Å². The SMILES string of the molecule is COc1ccc(Cl)cc1-c1cccc(S(=O)(=O)Nc2ccc(C(=O)O)c(O)c2)c1. The zero-order valence-electron chi connectivity index (χ0n) is 15.1. The number of methoxy groups -OCH3 is 1. The summed E-state index contributed by atoms with van der Waals surface area (Å²) in [7, 11) is -2.50. The third-order valence-corrected chi connectivity index (χ3v) is 5.71. The van der Waals surface area contributed by atoms with Crippen molar-refractivity contribution in [2.45, 2.75) is 4.90 Å². The normalized spacial score (nSPS) is 11.1. The van der Waals surface area contributed by atoms with Crippen LogP contribution in [-0.4, -0.2) is 31.7 Å². The van der Waals surface area contributed by atoms with Crippen LogP contribution in [0.25, 0.3) is 11.1 Å². The lowest BCUT2D eigenvalue weighted by molar-refractivity contribution is 0.0694. The standard InChI is InChI=1S/C20H16ClNO6S/c1-28-19-8-5-13(21)10-17(19)12-3-2-4-15(9-12)29(26,27)22-14-6-7-16(20(24)25)18(23)11-14/h2-11,22-23H,1H3,(H,24,25). The first kappa shape index (κ1) is 20.5. The fourth-order valence-electron chi connectivity index (χ4n) is 2.73. The quantitative estimate of drug-likeness (QED) is 0.536. The van der Waals surface area contributed by atoms with E-state index in [1.54, 1.807) is 30.3 Å². The van der Waals surface area contributed by atoms with Gasteiger partial charge in [-0.2, -0.15) is 0 Å². The number of halogens is 1. The number of nitrogens with one attached hydrogen (secondary N) is 1. The van der Waals surface area contributed by atoms with Crippen LogP contribution in [0.15, 0.2) is 65.6 Å². The van der Waals surface area contributed by atoms with Gasteiger partial charge in [-0.05, 0) is 48.0 Å². The molecular weight excluding hydrogens is 418 g/mol. The number of carbonyl (C=O) groups is 1. The van der Waals surface area contributed by atoms with E-state index < -0.39 is 21.7 Å². The van der Waals surface area contributed by atoms with Gasteiger partial charge in [-0.15, -0.1) is 0 Å². The Bertz CT molecular complexity index is 1190. The van der Waals surface area contributed by atoms with E-state index in [1.165, 1.54) is 25.3 Å². The molecule has 3 rings (SSSR count). The van der Waals surface area contributed by atoms with Crippen LogP contribution in [0.1, 0.15) is 10.4 Å². The lowest BCUT2D eigenvalue weighted by Crippen LogP contribution is -2.13. The number of aromatic hydroxyl groups is 1. The first-order valence-electron chi connectivity index (χ1n) is 8.24. The first-order chi connectivity index (χ1) is 13.7. The molecule has 0 aliphatic heterocycles. The Morgan fingerprint density at radius 3 is 2.48 bits per heavy atom. The Morgan fingerprint density at radius 1 is 1.07 bits per heavy atom. The van der Waals surface area contributed by atoms with Crippen molar-refractivity contribution in [1.29, 1.82) is 0 Å². The summed E-state index contributed by atoms with van der Waals surface area (Å²) in [5.41, 5.74) is 0.901. The number of hydrogen-bond acceptors (Lipinski definition) is 5. The molecule has 0 amide bonds. The molecule has 0 spiro atoms. The molecule has 0 heterocycles. The van der Waals surface area contributed by atoms with Crippen LogP contribution < -0.4 is 9.46 Å². The minimum atomic E-state index is -4.01. The van der Waals surface area contributed by atoms with Crippen molar-refractivity contribution in [2.75, 3.05) is 11.8 Å². The van der Waals surface area contributed by atoms with Crippen LogP contribution in [0.2, 0.25) is 5.02 Å². The number of hydrogen-bond donors (Lipinski definition) is 3. The Labute approximate surface area is 172 Å². The predicted molar refractivity (Wildman–Crippen MR) is 109 cm³/mol. The van der Waals surface area contributed by atoms with Gasteiger partial charge in [0.15, 0.2) is 0 Å². The van der Waals surface area contributed by atoms with Crippen molar-refractivity contribution in [2.24, 2.45) is 0 Å². The highest BCUT2D eigenvalue weighted by atomic mass is 35.5. The number of sulfonamides is 1. The fourth-order valence-corrected chi connectivity index (χ4v) is 3.99. The van der Waals surface area contributed by atoms with E-state index in [0.717, 1.165) is 12.1 Å². The Hall–Kier alpha value is -3.23. The molecule has 0 saturated heterocycles. The highest BCUT2D eigenvalue weighted by Crippen LogP contribution is 2.34. The molecule has 0 unspecified atom stereocenters. The number of carboxylic acids is 1. The van der Waals surface area contributed by atoms with Gasteiger partial charge in [0.05, 0.1) is 17.7 Å². The van der Waals surface area contributed by atoms with Crippen LogP contribution in [0.3, 0.4) is 0 Å². The van der Waals surface area contributed by atoms with Gasteiger partial charge in [-0.1, -0.05) is 23.7 Å². The zero-order valence-corrected chi connectivity index (χ0v) is 16.7. The number of phenols is 1.